The summed E-state index contributed by atoms with van der Waals surface area (Å²) in [5, 5.41) is 6.67. The van der Waals surface area contributed by atoms with Crippen LogP contribution in [0.2, 0.25) is 5.28 Å². The van der Waals surface area contributed by atoms with Crippen LogP contribution in [0, 0.1) is 0 Å². The number of aromatic nitrogens is 2. The van der Waals surface area contributed by atoms with E-state index in [1.807, 2.05) is 11.4 Å². The van der Waals surface area contributed by atoms with E-state index in [2.05, 4.69) is 15.3 Å². The van der Waals surface area contributed by atoms with Gasteiger partial charge in [0.05, 0.1) is 18.0 Å². The third-order valence-corrected chi connectivity index (χ3v) is 3.54. The first-order valence-electron chi connectivity index (χ1n) is 5.08. The highest BCUT2D eigenvalue weighted by molar-refractivity contribution is 7.16. The highest BCUT2D eigenvalue weighted by Crippen LogP contribution is 2.27. The molecule has 0 bridgehead atoms. The lowest BCUT2D eigenvalue weighted by atomic mass is 10.2. The lowest BCUT2D eigenvalue weighted by Crippen LogP contribution is -2.19. The third-order valence-electron chi connectivity index (χ3n) is 2.57. The van der Waals surface area contributed by atoms with Crippen molar-refractivity contribution in [3.63, 3.8) is 0 Å². The summed E-state index contributed by atoms with van der Waals surface area (Å²) in [6.07, 6.45) is 1.01. The summed E-state index contributed by atoms with van der Waals surface area (Å²) < 4.78 is 5.32. The molecule has 3 heterocycles. The molecule has 1 aliphatic rings. The number of thiophene rings is 1. The molecule has 1 fully saturated rings. The van der Waals surface area contributed by atoms with Crippen molar-refractivity contribution >= 4 is 39.0 Å². The minimum absolute atomic E-state index is 0.288. The number of ether oxygens (including phenoxy) is 1. The molecule has 1 N–H and O–H groups in total. The van der Waals surface area contributed by atoms with Crippen molar-refractivity contribution < 1.29 is 4.74 Å². The number of hydrogen-bond donors (Lipinski definition) is 1. The summed E-state index contributed by atoms with van der Waals surface area (Å²) in [6.45, 7) is 1.54. The molecule has 3 rings (SSSR count). The van der Waals surface area contributed by atoms with Crippen LogP contribution in [0.3, 0.4) is 0 Å². The number of hydrogen-bond acceptors (Lipinski definition) is 5. The van der Waals surface area contributed by atoms with Gasteiger partial charge in [-0.3, -0.25) is 0 Å². The summed E-state index contributed by atoms with van der Waals surface area (Å²) in [5.41, 5.74) is 0. The van der Waals surface area contributed by atoms with Crippen LogP contribution in [0.15, 0.2) is 11.4 Å². The average Bonchev–Trinajstić information content (AvgIpc) is 2.87. The van der Waals surface area contributed by atoms with Crippen molar-refractivity contribution in [1.29, 1.82) is 0 Å². The SMILES string of the molecule is Clc1nc(NC2CCOC2)c2ccsc2n1. The van der Waals surface area contributed by atoms with Crippen molar-refractivity contribution in [2.24, 2.45) is 0 Å². The second-order valence-electron chi connectivity index (χ2n) is 3.69. The Hall–Kier alpha value is -0.910. The minimum atomic E-state index is 0.288. The molecule has 1 saturated heterocycles. The molecular weight excluding hydrogens is 246 g/mol. The van der Waals surface area contributed by atoms with Gasteiger partial charge in [-0.1, -0.05) is 0 Å². The van der Waals surface area contributed by atoms with Gasteiger partial charge >= 0.3 is 0 Å². The second kappa shape index (κ2) is 4.16. The average molecular weight is 256 g/mol. The van der Waals surface area contributed by atoms with Gasteiger partial charge in [0.2, 0.25) is 5.28 Å². The van der Waals surface area contributed by atoms with Gasteiger partial charge in [-0.2, -0.15) is 0 Å². The highest BCUT2D eigenvalue weighted by atomic mass is 35.5. The number of halogens is 1. The van der Waals surface area contributed by atoms with Gasteiger partial charge in [0.25, 0.3) is 0 Å². The Morgan fingerprint density at radius 3 is 3.25 bits per heavy atom. The van der Waals surface area contributed by atoms with E-state index in [1.165, 1.54) is 0 Å². The zero-order valence-corrected chi connectivity index (χ0v) is 10.0. The maximum Gasteiger partial charge on any atom is 0.225 e. The van der Waals surface area contributed by atoms with Crippen molar-refractivity contribution in [3.8, 4) is 0 Å². The van der Waals surface area contributed by atoms with E-state index in [4.69, 9.17) is 16.3 Å². The summed E-state index contributed by atoms with van der Waals surface area (Å²) >= 11 is 7.45. The van der Waals surface area contributed by atoms with Gasteiger partial charge in [0.15, 0.2) is 0 Å². The van der Waals surface area contributed by atoms with Crippen LogP contribution in [0.25, 0.3) is 10.2 Å². The van der Waals surface area contributed by atoms with E-state index in [9.17, 15) is 0 Å². The van der Waals surface area contributed by atoms with Gasteiger partial charge < -0.3 is 10.1 Å². The fourth-order valence-electron chi connectivity index (χ4n) is 1.78. The molecule has 0 radical (unpaired) electrons. The molecule has 4 nitrogen and oxygen atoms in total. The Balaban J connectivity index is 1.97. The fourth-order valence-corrected chi connectivity index (χ4v) is 2.76. The Bertz CT molecular complexity index is 510. The van der Waals surface area contributed by atoms with Crippen LogP contribution in [-0.2, 0) is 4.74 Å². The lowest BCUT2D eigenvalue weighted by molar-refractivity contribution is 0.195. The van der Waals surface area contributed by atoms with Gasteiger partial charge in [0, 0.05) is 6.61 Å². The van der Waals surface area contributed by atoms with Crippen molar-refractivity contribution in [2.45, 2.75) is 12.5 Å². The first-order chi connectivity index (χ1) is 7.83. The van der Waals surface area contributed by atoms with Gasteiger partial charge in [-0.15, -0.1) is 11.3 Å². The largest absolute Gasteiger partial charge is 0.379 e. The molecule has 0 aliphatic carbocycles. The smallest absolute Gasteiger partial charge is 0.225 e. The van der Waals surface area contributed by atoms with Gasteiger partial charge in [-0.25, -0.2) is 9.97 Å². The molecular formula is C10H10ClN3OS. The summed E-state index contributed by atoms with van der Waals surface area (Å²) in [4.78, 5) is 9.32. The third kappa shape index (κ3) is 1.86. The van der Waals surface area contributed by atoms with Crippen molar-refractivity contribution in [2.75, 3.05) is 18.5 Å². The standard InChI is InChI=1S/C10H10ClN3OS/c11-10-13-8(12-6-1-3-15-5-6)7-2-4-16-9(7)14-10/h2,4,6H,1,3,5H2,(H,12,13,14). The topological polar surface area (TPSA) is 47.0 Å². The van der Waals surface area contributed by atoms with Crippen LogP contribution in [-0.4, -0.2) is 29.2 Å². The molecule has 1 aliphatic heterocycles. The first-order valence-corrected chi connectivity index (χ1v) is 6.34. The van der Waals surface area contributed by atoms with Crippen LogP contribution in [0.5, 0.6) is 0 Å². The molecule has 16 heavy (non-hydrogen) atoms. The van der Waals surface area contributed by atoms with E-state index in [0.29, 0.717) is 6.04 Å². The molecule has 0 aromatic carbocycles. The molecule has 84 valence electrons. The van der Waals surface area contributed by atoms with Crippen molar-refractivity contribution in [3.05, 3.63) is 16.7 Å². The summed E-state index contributed by atoms with van der Waals surface area (Å²) in [5.74, 6) is 0.812. The predicted octanol–water partition coefficient (Wildman–Crippen LogP) is 2.55. The van der Waals surface area contributed by atoms with E-state index in [0.717, 1.165) is 35.7 Å². The zero-order valence-electron chi connectivity index (χ0n) is 8.44. The second-order valence-corrected chi connectivity index (χ2v) is 4.92. The van der Waals surface area contributed by atoms with Crippen LogP contribution in [0.4, 0.5) is 5.82 Å². The Kier molecular flexibility index (Phi) is 2.67. The Labute approximate surface area is 102 Å². The molecule has 6 heteroatoms. The quantitative estimate of drug-likeness (QED) is 0.838. The summed E-state index contributed by atoms with van der Waals surface area (Å²) in [6, 6.07) is 2.34. The monoisotopic (exact) mass is 255 g/mol. The molecule has 0 amide bonds. The predicted molar refractivity (Wildman–Crippen MR) is 65.3 cm³/mol. The molecule has 1 unspecified atom stereocenters. The van der Waals surface area contributed by atoms with Gasteiger partial charge in [0.1, 0.15) is 10.6 Å². The number of rotatable bonds is 2. The van der Waals surface area contributed by atoms with Crippen LogP contribution >= 0.6 is 22.9 Å². The van der Waals surface area contributed by atoms with Crippen LogP contribution < -0.4 is 5.32 Å². The van der Waals surface area contributed by atoms with Gasteiger partial charge in [-0.05, 0) is 29.5 Å². The maximum atomic E-state index is 5.88. The Morgan fingerprint density at radius 2 is 2.44 bits per heavy atom. The maximum absolute atomic E-state index is 5.88. The van der Waals surface area contributed by atoms with E-state index in [1.54, 1.807) is 11.3 Å². The first kappa shape index (κ1) is 10.3. The normalized spacial score (nSPS) is 20.4. The minimum Gasteiger partial charge on any atom is -0.379 e. The number of nitrogens with one attached hydrogen (secondary N) is 1. The Morgan fingerprint density at radius 1 is 1.50 bits per heavy atom. The molecule has 2 aromatic heterocycles. The fraction of sp³-hybridized carbons (Fsp3) is 0.400. The number of anilines is 1. The zero-order chi connectivity index (χ0) is 11.0. The number of nitrogens with zero attached hydrogens (tertiary/aromatic N) is 2. The molecule has 0 saturated carbocycles. The molecule has 1 atom stereocenters. The molecule has 0 spiro atoms. The van der Waals surface area contributed by atoms with Crippen molar-refractivity contribution in [1.82, 2.24) is 9.97 Å². The van der Waals surface area contributed by atoms with E-state index in [-0.39, 0.29) is 5.28 Å². The summed E-state index contributed by atoms with van der Waals surface area (Å²) in [7, 11) is 0. The van der Waals surface area contributed by atoms with E-state index >= 15 is 0 Å². The van der Waals surface area contributed by atoms with E-state index < -0.39 is 0 Å². The molecule has 2 aromatic rings. The number of fused-ring (bicyclic) bond motifs is 1. The van der Waals surface area contributed by atoms with Crippen LogP contribution in [0.1, 0.15) is 6.42 Å². The lowest BCUT2D eigenvalue weighted by Gasteiger charge is -2.11. The highest BCUT2D eigenvalue weighted by Gasteiger charge is 2.17.